The fourth-order valence-electron chi connectivity index (χ4n) is 3.14. The van der Waals surface area contributed by atoms with Gasteiger partial charge in [0.05, 0.1) is 12.3 Å². The van der Waals surface area contributed by atoms with E-state index < -0.39 is 0 Å². The average molecular weight is 350 g/mol. The molecule has 0 aliphatic carbocycles. The van der Waals surface area contributed by atoms with Gasteiger partial charge in [0.15, 0.2) is 0 Å². The molecule has 25 heavy (non-hydrogen) atoms. The maximum atomic E-state index is 12.0. The summed E-state index contributed by atoms with van der Waals surface area (Å²) in [7, 11) is 1.75. The molecular weight excluding hydrogens is 334 g/mol. The van der Waals surface area contributed by atoms with Crippen LogP contribution in [0.25, 0.3) is 11.1 Å². The number of nitrogens with two attached hydrogens (primary N) is 1. The molecule has 124 valence electrons. The molecule has 4 rings (SSSR count). The first-order valence-corrected chi connectivity index (χ1v) is 8.31. The van der Waals surface area contributed by atoms with Crippen LogP contribution in [0.4, 0.5) is 5.69 Å². The molecule has 5 heteroatoms. The Balaban J connectivity index is 2.00. The molecule has 0 saturated heterocycles. The van der Waals surface area contributed by atoms with E-state index in [1.54, 1.807) is 17.7 Å². The van der Waals surface area contributed by atoms with Crippen molar-refractivity contribution in [3.05, 3.63) is 86.8 Å². The van der Waals surface area contributed by atoms with Gasteiger partial charge in [0.1, 0.15) is 0 Å². The summed E-state index contributed by atoms with van der Waals surface area (Å²) in [6.07, 6.45) is 1.86. The maximum Gasteiger partial charge on any atom is 0.250 e. The standard InChI is InChI=1S/C20H16ClN3O/c1-24-11-18-13(8-19(24)25)10-23-20(12-2-4-14(21)5-3-12)16-7-6-15(22)9-17(16)18/h2-9,11H,10,22H2,1H3. The number of nitrogens with zero attached hydrogens (tertiary/aromatic N) is 2. The molecule has 3 aromatic rings. The Kier molecular flexibility index (Phi) is 3.70. The quantitative estimate of drug-likeness (QED) is 0.682. The number of rotatable bonds is 1. The van der Waals surface area contributed by atoms with Crippen LogP contribution in [0.5, 0.6) is 0 Å². The lowest BCUT2D eigenvalue weighted by Gasteiger charge is -2.13. The summed E-state index contributed by atoms with van der Waals surface area (Å²) in [6.45, 7) is 0.442. The summed E-state index contributed by atoms with van der Waals surface area (Å²) in [6, 6.07) is 15.1. The highest BCUT2D eigenvalue weighted by molar-refractivity contribution is 6.30. The van der Waals surface area contributed by atoms with Gasteiger partial charge in [-0.15, -0.1) is 0 Å². The fraction of sp³-hybridized carbons (Fsp3) is 0.100. The smallest absolute Gasteiger partial charge is 0.250 e. The summed E-state index contributed by atoms with van der Waals surface area (Å²) < 4.78 is 1.58. The number of hydrogen-bond donors (Lipinski definition) is 1. The van der Waals surface area contributed by atoms with Gasteiger partial charge in [-0.1, -0.05) is 29.8 Å². The van der Waals surface area contributed by atoms with Crippen molar-refractivity contribution in [2.24, 2.45) is 12.0 Å². The molecule has 1 aromatic heterocycles. The van der Waals surface area contributed by atoms with Gasteiger partial charge in [-0.05, 0) is 35.4 Å². The molecule has 1 aliphatic rings. The van der Waals surface area contributed by atoms with Crippen molar-refractivity contribution < 1.29 is 0 Å². The number of hydrogen-bond acceptors (Lipinski definition) is 3. The van der Waals surface area contributed by atoms with Gasteiger partial charge in [-0.3, -0.25) is 9.79 Å². The number of aryl methyl sites for hydroxylation is 1. The van der Waals surface area contributed by atoms with Crippen LogP contribution in [0.1, 0.15) is 16.7 Å². The van der Waals surface area contributed by atoms with E-state index in [4.69, 9.17) is 22.3 Å². The van der Waals surface area contributed by atoms with Crippen LogP contribution in [-0.4, -0.2) is 10.3 Å². The second-order valence-electron chi connectivity index (χ2n) is 6.14. The van der Waals surface area contributed by atoms with Crippen molar-refractivity contribution in [1.29, 1.82) is 0 Å². The van der Waals surface area contributed by atoms with E-state index in [9.17, 15) is 4.79 Å². The van der Waals surface area contributed by atoms with Crippen molar-refractivity contribution in [1.82, 2.24) is 4.57 Å². The number of anilines is 1. The molecule has 2 N–H and O–H groups in total. The molecule has 0 radical (unpaired) electrons. The first-order chi connectivity index (χ1) is 12.0. The molecule has 2 heterocycles. The first kappa shape index (κ1) is 15.7. The summed E-state index contributed by atoms with van der Waals surface area (Å²) in [5.41, 5.74) is 12.4. The maximum absolute atomic E-state index is 12.0. The number of aromatic nitrogens is 1. The molecule has 0 amide bonds. The lowest BCUT2D eigenvalue weighted by molar-refractivity contribution is 0.852. The predicted octanol–water partition coefficient (Wildman–Crippen LogP) is 3.64. The molecule has 1 aliphatic heterocycles. The van der Waals surface area contributed by atoms with E-state index >= 15 is 0 Å². The summed E-state index contributed by atoms with van der Waals surface area (Å²) in [4.78, 5) is 16.8. The number of pyridine rings is 1. The number of nitrogen functional groups attached to an aromatic ring is 1. The number of aliphatic imine (C=N–C) groups is 1. The zero-order valence-corrected chi connectivity index (χ0v) is 14.4. The zero-order valence-electron chi connectivity index (χ0n) is 13.7. The highest BCUT2D eigenvalue weighted by atomic mass is 35.5. The van der Waals surface area contributed by atoms with E-state index in [0.29, 0.717) is 17.3 Å². The van der Waals surface area contributed by atoms with Gasteiger partial charge in [-0.2, -0.15) is 0 Å². The van der Waals surface area contributed by atoms with Crippen LogP contribution >= 0.6 is 11.6 Å². The average Bonchev–Trinajstić information content (AvgIpc) is 2.73. The Labute approximate surface area is 150 Å². The Morgan fingerprint density at radius 2 is 1.80 bits per heavy atom. The van der Waals surface area contributed by atoms with Gasteiger partial charge in [0, 0.05) is 46.7 Å². The number of fused-ring (bicyclic) bond motifs is 3. The van der Waals surface area contributed by atoms with E-state index in [1.165, 1.54) is 0 Å². The highest BCUT2D eigenvalue weighted by Gasteiger charge is 2.20. The van der Waals surface area contributed by atoms with Crippen molar-refractivity contribution in [3.8, 4) is 11.1 Å². The minimum Gasteiger partial charge on any atom is -0.399 e. The lowest BCUT2D eigenvalue weighted by atomic mass is 9.93. The third-order valence-corrected chi connectivity index (χ3v) is 4.68. The van der Waals surface area contributed by atoms with Crippen LogP contribution in [0, 0.1) is 0 Å². The van der Waals surface area contributed by atoms with Crippen LogP contribution < -0.4 is 11.3 Å². The number of halogens is 1. The molecular formula is C20H16ClN3O. The Hall–Kier alpha value is -2.85. The van der Waals surface area contributed by atoms with Gasteiger partial charge in [0.2, 0.25) is 0 Å². The van der Waals surface area contributed by atoms with Crippen molar-refractivity contribution in [2.75, 3.05) is 5.73 Å². The molecule has 4 nitrogen and oxygen atoms in total. The number of benzene rings is 2. The molecule has 0 atom stereocenters. The minimum absolute atomic E-state index is 0.0469. The normalized spacial score (nSPS) is 12.8. The van der Waals surface area contributed by atoms with E-state index in [0.717, 1.165) is 33.5 Å². The Bertz CT molecular complexity index is 1070. The molecule has 0 spiro atoms. The summed E-state index contributed by atoms with van der Waals surface area (Å²) >= 11 is 6.02. The van der Waals surface area contributed by atoms with Crippen LogP contribution in [0.3, 0.4) is 0 Å². The van der Waals surface area contributed by atoms with E-state index in [2.05, 4.69) is 0 Å². The van der Waals surface area contributed by atoms with E-state index in [1.807, 2.05) is 48.7 Å². The molecule has 0 fully saturated rings. The summed E-state index contributed by atoms with van der Waals surface area (Å²) in [5.74, 6) is 0. The third-order valence-electron chi connectivity index (χ3n) is 4.43. The summed E-state index contributed by atoms with van der Waals surface area (Å²) in [5, 5.41) is 0.682. The molecule has 0 bridgehead atoms. The first-order valence-electron chi connectivity index (χ1n) is 7.93. The Morgan fingerprint density at radius 1 is 1.04 bits per heavy atom. The zero-order chi connectivity index (χ0) is 17.6. The van der Waals surface area contributed by atoms with Gasteiger partial charge in [-0.25, -0.2) is 0 Å². The topological polar surface area (TPSA) is 60.4 Å². The highest BCUT2D eigenvalue weighted by Crippen LogP contribution is 2.33. The van der Waals surface area contributed by atoms with Crippen molar-refractivity contribution >= 4 is 23.0 Å². The largest absolute Gasteiger partial charge is 0.399 e. The van der Waals surface area contributed by atoms with Crippen molar-refractivity contribution in [2.45, 2.75) is 6.54 Å². The van der Waals surface area contributed by atoms with Crippen molar-refractivity contribution in [3.63, 3.8) is 0 Å². The predicted molar refractivity (Wildman–Crippen MR) is 102 cm³/mol. The monoisotopic (exact) mass is 349 g/mol. The van der Waals surface area contributed by atoms with Crippen LogP contribution in [0.2, 0.25) is 5.02 Å². The van der Waals surface area contributed by atoms with Crippen LogP contribution in [0.15, 0.2) is 64.5 Å². The molecule has 2 aromatic carbocycles. The molecule has 0 saturated carbocycles. The van der Waals surface area contributed by atoms with Gasteiger partial charge >= 0.3 is 0 Å². The second kappa shape index (κ2) is 5.90. The third kappa shape index (κ3) is 2.75. The fourth-order valence-corrected chi connectivity index (χ4v) is 3.26. The SMILES string of the molecule is Cn1cc2c(cc1=O)CN=C(c1ccc(Cl)cc1)c1ccc(N)cc1-2. The Morgan fingerprint density at radius 3 is 2.56 bits per heavy atom. The second-order valence-corrected chi connectivity index (χ2v) is 6.57. The van der Waals surface area contributed by atoms with Gasteiger partial charge < -0.3 is 10.3 Å². The molecule has 0 unspecified atom stereocenters. The van der Waals surface area contributed by atoms with E-state index in [-0.39, 0.29) is 5.56 Å². The lowest BCUT2D eigenvalue weighted by Crippen LogP contribution is -2.16. The van der Waals surface area contributed by atoms with Gasteiger partial charge in [0.25, 0.3) is 5.56 Å². The van der Waals surface area contributed by atoms with Crippen LogP contribution in [-0.2, 0) is 13.6 Å². The minimum atomic E-state index is -0.0469.